The molecule has 308 valence electrons. The Bertz CT molecular complexity index is 4110. The van der Waals surface area contributed by atoms with Gasteiger partial charge in [0.05, 0.1) is 33.1 Å². The van der Waals surface area contributed by atoms with Gasteiger partial charge in [-0.15, -0.1) is 0 Å². The maximum Gasteiger partial charge on any atom is 0.164 e. The van der Waals surface area contributed by atoms with Crippen LogP contribution in [0.5, 0.6) is 0 Å². The van der Waals surface area contributed by atoms with Crippen molar-refractivity contribution in [3.05, 3.63) is 219 Å². The third-order valence-electron chi connectivity index (χ3n) is 12.5. The zero-order valence-corrected chi connectivity index (χ0v) is 35.4. The number of hydrogen-bond donors (Lipinski definition) is 0. The number of fused-ring (bicyclic) bond motifs is 16. The molecule has 66 heavy (non-hydrogen) atoms. The Morgan fingerprint density at radius 2 is 0.667 bits per heavy atom. The third-order valence-corrected chi connectivity index (χ3v) is 12.5. The number of imidazole rings is 2. The maximum absolute atomic E-state index is 4.99. The fourth-order valence-electron chi connectivity index (χ4n) is 9.42. The average Bonchev–Trinajstić information content (AvgIpc) is 4.00. The van der Waals surface area contributed by atoms with Crippen LogP contribution < -0.4 is 0 Å². The van der Waals surface area contributed by atoms with Crippen LogP contribution in [0.2, 0.25) is 0 Å². The van der Waals surface area contributed by atoms with Crippen molar-refractivity contribution in [1.82, 2.24) is 38.7 Å². The molecule has 0 radical (unpaired) electrons. The predicted molar refractivity (Wildman–Crippen MR) is 268 cm³/mol. The Hall–Kier alpha value is -9.14. The molecule has 0 amide bonds. The van der Waals surface area contributed by atoms with Gasteiger partial charge in [0.2, 0.25) is 0 Å². The first-order valence-electron chi connectivity index (χ1n) is 21.9. The minimum Gasteiger partial charge on any atom is -0.292 e. The highest BCUT2D eigenvalue weighted by molar-refractivity contribution is 6.16. The minimum atomic E-state index is 0.643. The van der Waals surface area contributed by atoms with Gasteiger partial charge < -0.3 is 0 Å². The topological polar surface area (TPSA) is 86.2 Å². The maximum atomic E-state index is 4.99. The van der Waals surface area contributed by atoms with E-state index in [1.165, 1.54) is 32.8 Å². The van der Waals surface area contributed by atoms with Crippen LogP contribution in [0.3, 0.4) is 0 Å². The highest BCUT2D eigenvalue weighted by atomic mass is 15.0. The van der Waals surface area contributed by atoms with E-state index in [9.17, 15) is 0 Å². The summed E-state index contributed by atoms with van der Waals surface area (Å²) in [5, 5.41) is 7.03. The Morgan fingerprint density at radius 3 is 1.18 bits per heavy atom. The number of rotatable bonds is 4. The van der Waals surface area contributed by atoms with Gasteiger partial charge in [0.15, 0.2) is 17.5 Å². The van der Waals surface area contributed by atoms with Gasteiger partial charge in [0.25, 0.3) is 0 Å². The fraction of sp³-hybridized carbons (Fsp3) is 0. The monoisotopic (exact) mass is 844 g/mol. The summed E-state index contributed by atoms with van der Waals surface area (Å²) in [6, 6.07) is 71.0. The molecule has 14 aromatic rings. The van der Waals surface area contributed by atoms with Gasteiger partial charge in [0.1, 0.15) is 11.3 Å². The summed E-state index contributed by atoms with van der Waals surface area (Å²) < 4.78 is 4.54. The normalized spacial score (nSPS) is 11.6. The molecule has 6 aromatic heterocycles. The van der Waals surface area contributed by atoms with E-state index in [1.54, 1.807) is 0 Å². The van der Waals surface area contributed by atoms with Crippen molar-refractivity contribution in [3.8, 4) is 45.3 Å². The van der Waals surface area contributed by atoms with Gasteiger partial charge in [-0.25, -0.2) is 24.9 Å². The van der Waals surface area contributed by atoms with Crippen LogP contribution in [0.1, 0.15) is 0 Å². The van der Waals surface area contributed by atoms with E-state index in [4.69, 9.17) is 24.9 Å². The van der Waals surface area contributed by atoms with Crippen LogP contribution >= 0.6 is 0 Å². The standard InChI is InChI=1S/C34H21N5.C24H15N3/c1-3-11-22(12-4-1)31-36-32(23-13-5-2-6-14-23)38-33(37-31)24-19-20-29-27(21-24)25-15-7-8-16-26(25)34-35-28-17-9-10-18-30(28)39(29)34;1-2-6-19-18(5-1)20-15-17(16-11-13-25-14-12-16)9-10-22(20)27-23-8-4-3-7-21(23)26-24(19)27/h1-21H;1-15H. The molecule has 0 aliphatic carbocycles. The second kappa shape index (κ2) is 15.3. The smallest absolute Gasteiger partial charge is 0.164 e. The van der Waals surface area contributed by atoms with Crippen molar-refractivity contribution in [1.29, 1.82) is 0 Å². The van der Waals surface area contributed by atoms with Crippen LogP contribution in [-0.4, -0.2) is 38.7 Å². The lowest BCUT2D eigenvalue weighted by Crippen LogP contribution is -2.00. The van der Waals surface area contributed by atoms with Crippen molar-refractivity contribution in [2.24, 2.45) is 0 Å². The molecule has 0 N–H and O–H groups in total. The molecule has 0 bridgehead atoms. The van der Waals surface area contributed by atoms with Gasteiger partial charge in [-0.3, -0.25) is 13.8 Å². The van der Waals surface area contributed by atoms with Gasteiger partial charge in [-0.2, -0.15) is 0 Å². The Morgan fingerprint density at radius 1 is 0.258 bits per heavy atom. The second-order valence-electron chi connectivity index (χ2n) is 16.3. The molecule has 8 heteroatoms. The lowest BCUT2D eigenvalue weighted by atomic mass is 10.0. The summed E-state index contributed by atoms with van der Waals surface area (Å²) in [6.45, 7) is 0. The van der Waals surface area contributed by atoms with E-state index in [-0.39, 0.29) is 0 Å². The lowest BCUT2D eigenvalue weighted by Gasteiger charge is -2.12. The number of aromatic nitrogens is 8. The summed E-state index contributed by atoms with van der Waals surface area (Å²) in [7, 11) is 0. The minimum absolute atomic E-state index is 0.643. The molecule has 6 heterocycles. The molecule has 0 aliphatic rings. The first kappa shape index (κ1) is 37.4. The average molecular weight is 845 g/mol. The molecular formula is C58H36N8. The number of benzene rings is 8. The van der Waals surface area contributed by atoms with Crippen LogP contribution in [0.15, 0.2) is 219 Å². The zero-order valence-electron chi connectivity index (χ0n) is 35.4. The van der Waals surface area contributed by atoms with Crippen LogP contribution in [0, 0.1) is 0 Å². The van der Waals surface area contributed by atoms with Gasteiger partial charge in [0, 0.05) is 50.6 Å². The van der Waals surface area contributed by atoms with E-state index in [2.05, 4.69) is 147 Å². The molecule has 0 spiro atoms. The Kier molecular flexibility index (Phi) is 8.67. The molecule has 14 rings (SSSR count). The van der Waals surface area contributed by atoms with Crippen LogP contribution in [0.4, 0.5) is 0 Å². The first-order chi connectivity index (χ1) is 32.7. The quantitative estimate of drug-likeness (QED) is 0.164. The highest BCUT2D eigenvalue weighted by Gasteiger charge is 2.18. The van der Waals surface area contributed by atoms with Gasteiger partial charge in [-0.05, 0) is 88.6 Å². The number of hydrogen-bond acceptors (Lipinski definition) is 6. The zero-order chi connectivity index (χ0) is 43.6. The van der Waals surface area contributed by atoms with Gasteiger partial charge >= 0.3 is 0 Å². The van der Waals surface area contributed by atoms with Crippen molar-refractivity contribution >= 4 is 76.7 Å². The van der Waals surface area contributed by atoms with E-state index < -0.39 is 0 Å². The first-order valence-corrected chi connectivity index (χ1v) is 21.9. The largest absolute Gasteiger partial charge is 0.292 e. The Balaban J connectivity index is 0.000000141. The van der Waals surface area contributed by atoms with Crippen molar-refractivity contribution in [2.45, 2.75) is 0 Å². The van der Waals surface area contributed by atoms with Crippen molar-refractivity contribution < 1.29 is 0 Å². The van der Waals surface area contributed by atoms with E-state index in [0.717, 1.165) is 71.7 Å². The molecule has 0 atom stereocenters. The second-order valence-corrected chi connectivity index (χ2v) is 16.3. The molecular weight excluding hydrogens is 809 g/mol. The van der Waals surface area contributed by atoms with E-state index >= 15 is 0 Å². The summed E-state index contributed by atoms with van der Waals surface area (Å²) in [5.74, 6) is 1.95. The Labute approximate surface area is 377 Å². The predicted octanol–water partition coefficient (Wildman–Crippen LogP) is 13.8. The molecule has 0 aliphatic heterocycles. The molecule has 0 saturated heterocycles. The highest BCUT2D eigenvalue weighted by Crippen LogP contribution is 2.37. The van der Waals surface area contributed by atoms with Crippen molar-refractivity contribution in [2.75, 3.05) is 0 Å². The number of pyridine rings is 3. The molecule has 0 unspecified atom stereocenters. The summed E-state index contributed by atoms with van der Waals surface area (Å²) in [6.07, 6.45) is 3.68. The molecule has 0 fully saturated rings. The van der Waals surface area contributed by atoms with Crippen molar-refractivity contribution in [3.63, 3.8) is 0 Å². The fourth-order valence-corrected chi connectivity index (χ4v) is 9.42. The van der Waals surface area contributed by atoms with E-state index in [1.807, 2.05) is 85.2 Å². The summed E-state index contributed by atoms with van der Waals surface area (Å²) in [4.78, 5) is 28.8. The summed E-state index contributed by atoms with van der Waals surface area (Å²) in [5.41, 5.74) is 13.7. The SMILES string of the molecule is c1ccc(-c2nc(-c3ccccc3)nc(-c3ccc4c(c3)c3ccccc3c3nc5ccccc5n43)n2)cc1.c1ccc2c(c1)nc1c3ccccc3c3cc(-c4ccncc4)ccc3n21. The molecule has 0 saturated carbocycles. The van der Waals surface area contributed by atoms with Gasteiger partial charge in [-0.1, -0.05) is 140 Å². The molecule has 8 aromatic carbocycles. The molecule has 8 nitrogen and oxygen atoms in total. The van der Waals surface area contributed by atoms with Crippen LogP contribution in [-0.2, 0) is 0 Å². The summed E-state index contributed by atoms with van der Waals surface area (Å²) >= 11 is 0. The third kappa shape index (κ3) is 6.15. The van der Waals surface area contributed by atoms with E-state index in [0.29, 0.717) is 17.5 Å². The van der Waals surface area contributed by atoms with Crippen LogP contribution in [0.25, 0.3) is 122 Å². The number of nitrogens with zero attached hydrogens (tertiary/aromatic N) is 8. The number of para-hydroxylation sites is 4. The lowest BCUT2D eigenvalue weighted by molar-refractivity contribution is 1.07.